The predicted octanol–water partition coefficient (Wildman–Crippen LogP) is 5.75. The molecule has 5 heteroatoms. The van der Waals surface area contributed by atoms with Crippen molar-refractivity contribution >= 4 is 11.8 Å². The van der Waals surface area contributed by atoms with Gasteiger partial charge in [-0.1, -0.05) is 75.6 Å². The number of rotatable bonds is 9. The zero-order valence-corrected chi connectivity index (χ0v) is 20.1. The van der Waals surface area contributed by atoms with Crippen LogP contribution < -0.4 is 5.32 Å². The highest BCUT2D eigenvalue weighted by Gasteiger charge is 2.28. The molecule has 0 bridgehead atoms. The van der Waals surface area contributed by atoms with Gasteiger partial charge in [-0.3, -0.25) is 9.59 Å². The predicted molar refractivity (Wildman–Crippen MR) is 130 cm³/mol. The van der Waals surface area contributed by atoms with Crippen LogP contribution in [0.2, 0.25) is 0 Å². The van der Waals surface area contributed by atoms with Gasteiger partial charge in [-0.2, -0.15) is 0 Å². The van der Waals surface area contributed by atoms with E-state index in [1.807, 2.05) is 0 Å². The maximum absolute atomic E-state index is 14.4. The third kappa shape index (κ3) is 7.15. The van der Waals surface area contributed by atoms with E-state index in [0.29, 0.717) is 17.9 Å². The Kier molecular flexibility index (Phi) is 9.04. The Hall–Kier alpha value is -2.69. The normalized spacial score (nSPS) is 15.3. The summed E-state index contributed by atoms with van der Waals surface area (Å²) in [5.41, 5.74) is 2.77. The van der Waals surface area contributed by atoms with Gasteiger partial charge < -0.3 is 10.2 Å². The van der Waals surface area contributed by atoms with E-state index < -0.39 is 6.04 Å². The molecule has 1 aliphatic rings. The first-order chi connectivity index (χ1) is 15.8. The monoisotopic (exact) mass is 452 g/mol. The summed E-state index contributed by atoms with van der Waals surface area (Å²) in [7, 11) is 0. The number of carbonyl (C=O) groups is 2. The van der Waals surface area contributed by atoms with E-state index in [4.69, 9.17) is 0 Å². The van der Waals surface area contributed by atoms with E-state index in [2.05, 4.69) is 43.4 Å². The molecule has 2 amide bonds. The summed E-state index contributed by atoms with van der Waals surface area (Å²) in [5, 5.41) is 3.12. The van der Waals surface area contributed by atoms with Crippen LogP contribution in [0.1, 0.15) is 81.9 Å². The molecule has 2 aromatic carbocycles. The molecule has 1 unspecified atom stereocenters. The third-order valence-corrected chi connectivity index (χ3v) is 6.69. The number of aryl methyl sites for hydroxylation is 1. The summed E-state index contributed by atoms with van der Waals surface area (Å²) in [4.78, 5) is 27.8. The van der Waals surface area contributed by atoms with Crippen LogP contribution in [0.25, 0.3) is 0 Å². The molecule has 1 atom stereocenters. The highest BCUT2D eigenvalue weighted by atomic mass is 19.1. The number of halogens is 1. The van der Waals surface area contributed by atoms with Crippen molar-refractivity contribution in [3.8, 4) is 0 Å². The number of nitrogens with zero attached hydrogens (tertiary/aromatic N) is 1. The summed E-state index contributed by atoms with van der Waals surface area (Å²) in [6, 6.07) is 14.3. The SMILES string of the molecule is CC(C)c1ccc(CCC(=O)N(Cc2ccccc2F)C(C)C(=O)NC2CCCCC2)cc1. The number of nitrogens with one attached hydrogen (secondary N) is 1. The minimum absolute atomic E-state index is 0.0804. The fraction of sp³-hybridized carbons (Fsp3) is 0.500. The van der Waals surface area contributed by atoms with Gasteiger partial charge in [0, 0.05) is 24.6 Å². The smallest absolute Gasteiger partial charge is 0.242 e. The van der Waals surface area contributed by atoms with Crippen LogP contribution in [0.5, 0.6) is 0 Å². The van der Waals surface area contributed by atoms with Gasteiger partial charge in [0.1, 0.15) is 11.9 Å². The van der Waals surface area contributed by atoms with Crippen LogP contribution >= 0.6 is 0 Å². The quantitative estimate of drug-likeness (QED) is 0.527. The second-order valence-corrected chi connectivity index (χ2v) is 9.53. The largest absolute Gasteiger partial charge is 0.352 e. The van der Waals surface area contributed by atoms with Crippen molar-refractivity contribution in [2.24, 2.45) is 0 Å². The van der Waals surface area contributed by atoms with Crippen LogP contribution in [-0.4, -0.2) is 28.8 Å². The molecular weight excluding hydrogens is 415 g/mol. The minimum Gasteiger partial charge on any atom is -0.352 e. The second kappa shape index (κ2) is 12.0. The van der Waals surface area contributed by atoms with Gasteiger partial charge in [0.2, 0.25) is 11.8 Å². The van der Waals surface area contributed by atoms with Gasteiger partial charge in [0.05, 0.1) is 0 Å². The molecule has 178 valence electrons. The summed E-state index contributed by atoms with van der Waals surface area (Å²) in [6.07, 6.45) is 6.26. The van der Waals surface area contributed by atoms with Crippen molar-refractivity contribution in [1.82, 2.24) is 10.2 Å². The lowest BCUT2D eigenvalue weighted by Crippen LogP contribution is -2.50. The van der Waals surface area contributed by atoms with E-state index in [-0.39, 0.29) is 36.6 Å². The molecule has 2 aromatic rings. The Balaban J connectivity index is 1.70. The maximum Gasteiger partial charge on any atom is 0.242 e. The summed E-state index contributed by atoms with van der Waals surface area (Å²) in [5.74, 6) is -0.203. The van der Waals surface area contributed by atoms with Crippen molar-refractivity contribution in [1.29, 1.82) is 0 Å². The van der Waals surface area contributed by atoms with E-state index >= 15 is 0 Å². The van der Waals surface area contributed by atoms with E-state index in [9.17, 15) is 14.0 Å². The van der Waals surface area contributed by atoms with E-state index in [1.54, 1.807) is 25.1 Å². The molecule has 33 heavy (non-hydrogen) atoms. The van der Waals surface area contributed by atoms with Crippen molar-refractivity contribution in [2.45, 2.75) is 90.3 Å². The molecule has 0 aromatic heterocycles. The molecule has 1 fully saturated rings. The zero-order valence-electron chi connectivity index (χ0n) is 20.1. The third-order valence-electron chi connectivity index (χ3n) is 6.69. The van der Waals surface area contributed by atoms with Gasteiger partial charge in [-0.05, 0) is 49.3 Å². The Labute approximate surface area is 197 Å². The number of carbonyl (C=O) groups excluding carboxylic acids is 2. The molecule has 1 aliphatic carbocycles. The van der Waals surface area contributed by atoms with Gasteiger partial charge in [-0.25, -0.2) is 4.39 Å². The molecule has 0 aliphatic heterocycles. The van der Waals surface area contributed by atoms with Crippen molar-refractivity contribution in [3.05, 3.63) is 71.0 Å². The first kappa shape index (κ1) is 24.9. The molecule has 1 saturated carbocycles. The molecule has 0 radical (unpaired) electrons. The standard InChI is InChI=1S/C28H37FN2O2/c1-20(2)23-16-13-22(14-17-23)15-18-27(32)31(19-24-9-7-8-12-26(24)29)21(3)28(33)30-25-10-5-4-6-11-25/h7-9,12-14,16-17,20-21,25H,4-6,10-11,15,18-19H2,1-3H3,(H,30,33). The highest BCUT2D eigenvalue weighted by Crippen LogP contribution is 2.20. The minimum atomic E-state index is -0.664. The van der Waals surface area contributed by atoms with Gasteiger partial charge in [-0.15, -0.1) is 0 Å². The van der Waals surface area contributed by atoms with Crippen LogP contribution in [0.3, 0.4) is 0 Å². The van der Waals surface area contributed by atoms with Crippen molar-refractivity contribution < 1.29 is 14.0 Å². The van der Waals surface area contributed by atoms with Crippen LogP contribution in [-0.2, 0) is 22.6 Å². The van der Waals surface area contributed by atoms with Crippen LogP contribution in [0, 0.1) is 5.82 Å². The second-order valence-electron chi connectivity index (χ2n) is 9.53. The van der Waals surface area contributed by atoms with Crippen LogP contribution in [0.15, 0.2) is 48.5 Å². The molecule has 1 N–H and O–H groups in total. The summed E-state index contributed by atoms with van der Waals surface area (Å²) < 4.78 is 14.4. The summed E-state index contributed by atoms with van der Waals surface area (Å²) in [6.45, 7) is 6.13. The Morgan fingerprint density at radius 3 is 2.30 bits per heavy atom. The molecule has 0 spiro atoms. The Bertz CT molecular complexity index is 920. The number of benzene rings is 2. The number of hydrogen-bond acceptors (Lipinski definition) is 2. The van der Waals surface area contributed by atoms with Crippen molar-refractivity contribution in [2.75, 3.05) is 0 Å². The number of hydrogen-bond donors (Lipinski definition) is 1. The van der Waals surface area contributed by atoms with Crippen molar-refractivity contribution in [3.63, 3.8) is 0 Å². The van der Waals surface area contributed by atoms with E-state index in [0.717, 1.165) is 31.2 Å². The average molecular weight is 453 g/mol. The molecule has 3 rings (SSSR count). The highest BCUT2D eigenvalue weighted by molar-refractivity contribution is 5.87. The van der Waals surface area contributed by atoms with E-state index in [1.165, 1.54) is 23.0 Å². The Morgan fingerprint density at radius 2 is 1.67 bits per heavy atom. The molecule has 4 nitrogen and oxygen atoms in total. The van der Waals surface area contributed by atoms with Gasteiger partial charge in [0.25, 0.3) is 0 Å². The number of amides is 2. The zero-order chi connectivity index (χ0) is 23.8. The lowest BCUT2D eigenvalue weighted by atomic mass is 9.95. The lowest BCUT2D eigenvalue weighted by molar-refractivity contribution is -0.141. The molecular formula is C28H37FN2O2. The molecule has 0 saturated heterocycles. The fourth-order valence-electron chi connectivity index (χ4n) is 4.43. The van der Waals surface area contributed by atoms with Crippen LogP contribution in [0.4, 0.5) is 4.39 Å². The van der Waals surface area contributed by atoms with Gasteiger partial charge in [0.15, 0.2) is 0 Å². The maximum atomic E-state index is 14.4. The van der Waals surface area contributed by atoms with Gasteiger partial charge >= 0.3 is 0 Å². The first-order valence-corrected chi connectivity index (χ1v) is 12.3. The lowest BCUT2D eigenvalue weighted by Gasteiger charge is -2.31. The molecule has 0 heterocycles. The fourth-order valence-corrected chi connectivity index (χ4v) is 4.43. The average Bonchev–Trinajstić information content (AvgIpc) is 2.82. The first-order valence-electron chi connectivity index (χ1n) is 12.3. The Morgan fingerprint density at radius 1 is 1.00 bits per heavy atom. The topological polar surface area (TPSA) is 49.4 Å². The summed E-state index contributed by atoms with van der Waals surface area (Å²) >= 11 is 0.